The summed E-state index contributed by atoms with van der Waals surface area (Å²) in [6.07, 6.45) is 1.78. The van der Waals surface area contributed by atoms with Gasteiger partial charge in [-0.15, -0.1) is 10.2 Å². The van der Waals surface area contributed by atoms with Crippen molar-refractivity contribution in [3.63, 3.8) is 0 Å². The molecule has 0 atom stereocenters. The standard InChI is InChI=1S/C16H18FN5O2/c1-2-3-8-18-14(23)13-15(24)22-10-9-21(16(22)20-19-13)12-6-4-11(17)5-7-12/h4-7H,2-3,8-10H2,1H3,(H,18,23). The lowest BCUT2D eigenvalue weighted by molar-refractivity contribution is 0.0944. The normalized spacial score (nSPS) is 13.0. The first kappa shape index (κ1) is 16.1. The van der Waals surface area contributed by atoms with Crippen LogP contribution in [0.4, 0.5) is 16.0 Å². The van der Waals surface area contributed by atoms with Gasteiger partial charge in [0.25, 0.3) is 11.5 Å². The minimum Gasteiger partial charge on any atom is -0.350 e. The number of carbonyl (C=O) groups is 1. The Bertz CT molecular complexity index is 803. The van der Waals surface area contributed by atoms with E-state index in [4.69, 9.17) is 0 Å². The number of unbranched alkanes of at least 4 members (excludes halogenated alkanes) is 1. The Morgan fingerprint density at radius 1 is 1.25 bits per heavy atom. The van der Waals surface area contributed by atoms with Crippen LogP contribution in [0, 0.1) is 5.82 Å². The second-order valence-corrected chi connectivity index (χ2v) is 5.54. The van der Waals surface area contributed by atoms with E-state index in [-0.39, 0.29) is 11.5 Å². The predicted octanol–water partition coefficient (Wildman–Crippen LogP) is 1.46. The van der Waals surface area contributed by atoms with E-state index in [2.05, 4.69) is 15.5 Å². The quantitative estimate of drug-likeness (QED) is 0.839. The highest BCUT2D eigenvalue weighted by molar-refractivity contribution is 5.91. The van der Waals surface area contributed by atoms with Crippen LogP contribution in [0.15, 0.2) is 29.1 Å². The highest BCUT2D eigenvalue weighted by Crippen LogP contribution is 2.26. The Hall–Kier alpha value is -2.77. The van der Waals surface area contributed by atoms with Crippen LogP contribution < -0.4 is 15.8 Å². The molecule has 1 aliphatic rings. The van der Waals surface area contributed by atoms with E-state index in [9.17, 15) is 14.0 Å². The lowest BCUT2D eigenvalue weighted by Gasteiger charge is -2.16. The molecular formula is C16H18FN5O2. The maximum Gasteiger partial charge on any atom is 0.286 e. The van der Waals surface area contributed by atoms with E-state index in [1.54, 1.807) is 17.0 Å². The summed E-state index contributed by atoms with van der Waals surface area (Å²) in [6, 6.07) is 5.92. The molecule has 24 heavy (non-hydrogen) atoms. The third-order valence-electron chi connectivity index (χ3n) is 3.89. The minimum absolute atomic E-state index is 0.198. The zero-order chi connectivity index (χ0) is 17.1. The largest absolute Gasteiger partial charge is 0.350 e. The fourth-order valence-corrected chi connectivity index (χ4v) is 2.58. The first-order chi connectivity index (χ1) is 11.6. The van der Waals surface area contributed by atoms with Crippen molar-refractivity contribution in [2.75, 3.05) is 18.0 Å². The number of fused-ring (bicyclic) bond motifs is 1. The van der Waals surface area contributed by atoms with E-state index in [0.29, 0.717) is 25.6 Å². The molecule has 0 saturated heterocycles. The lowest BCUT2D eigenvalue weighted by Crippen LogP contribution is -2.35. The average Bonchev–Trinajstić information content (AvgIpc) is 3.01. The summed E-state index contributed by atoms with van der Waals surface area (Å²) in [5.74, 6) is -0.478. The number of halogens is 1. The Kier molecular flexibility index (Phi) is 4.54. The summed E-state index contributed by atoms with van der Waals surface area (Å²) in [7, 11) is 0. The first-order valence-electron chi connectivity index (χ1n) is 7.90. The number of benzene rings is 1. The van der Waals surface area contributed by atoms with Crippen LogP contribution >= 0.6 is 0 Å². The summed E-state index contributed by atoms with van der Waals surface area (Å²) in [5, 5.41) is 10.5. The molecule has 0 saturated carbocycles. The van der Waals surface area contributed by atoms with Crippen molar-refractivity contribution in [1.82, 2.24) is 20.1 Å². The summed E-state index contributed by atoms with van der Waals surface area (Å²) < 4.78 is 14.5. The molecule has 0 aliphatic carbocycles. The fourth-order valence-electron chi connectivity index (χ4n) is 2.58. The molecule has 1 N–H and O–H groups in total. The maximum atomic E-state index is 13.1. The molecule has 0 fully saturated rings. The molecule has 8 heteroatoms. The first-order valence-corrected chi connectivity index (χ1v) is 7.90. The van der Waals surface area contributed by atoms with Crippen molar-refractivity contribution in [2.24, 2.45) is 0 Å². The number of carbonyl (C=O) groups excluding carboxylic acids is 1. The van der Waals surface area contributed by atoms with Gasteiger partial charge in [-0.3, -0.25) is 14.2 Å². The van der Waals surface area contributed by atoms with Gasteiger partial charge in [-0.25, -0.2) is 4.39 Å². The summed E-state index contributed by atoms with van der Waals surface area (Å²) in [5.41, 5.74) is 0.0610. The highest BCUT2D eigenvalue weighted by atomic mass is 19.1. The topological polar surface area (TPSA) is 80.1 Å². The van der Waals surface area contributed by atoms with Crippen LogP contribution in [0.2, 0.25) is 0 Å². The number of amides is 1. The smallest absolute Gasteiger partial charge is 0.286 e. The molecule has 1 amide bonds. The molecule has 0 bridgehead atoms. The molecule has 7 nitrogen and oxygen atoms in total. The highest BCUT2D eigenvalue weighted by Gasteiger charge is 2.27. The Labute approximate surface area is 138 Å². The number of rotatable bonds is 5. The Morgan fingerprint density at radius 2 is 2.00 bits per heavy atom. The van der Waals surface area contributed by atoms with Gasteiger partial charge in [0.2, 0.25) is 11.6 Å². The lowest BCUT2D eigenvalue weighted by atomic mass is 10.3. The molecular weight excluding hydrogens is 313 g/mol. The summed E-state index contributed by atoms with van der Waals surface area (Å²) in [4.78, 5) is 26.3. The molecule has 3 rings (SSSR count). The zero-order valence-corrected chi connectivity index (χ0v) is 13.3. The average molecular weight is 331 g/mol. The van der Waals surface area contributed by atoms with Crippen molar-refractivity contribution in [1.29, 1.82) is 0 Å². The van der Waals surface area contributed by atoms with Crippen LogP contribution in [-0.4, -0.2) is 33.8 Å². The molecule has 1 aromatic carbocycles. The van der Waals surface area contributed by atoms with Gasteiger partial charge in [0, 0.05) is 25.3 Å². The van der Waals surface area contributed by atoms with Crippen molar-refractivity contribution >= 4 is 17.5 Å². The number of aromatic nitrogens is 3. The number of nitrogens with zero attached hydrogens (tertiary/aromatic N) is 4. The summed E-state index contributed by atoms with van der Waals surface area (Å²) >= 11 is 0. The SMILES string of the molecule is CCCCNC(=O)c1nnc2n(c1=O)CCN2c1ccc(F)cc1. The molecule has 0 radical (unpaired) electrons. The van der Waals surface area contributed by atoms with Gasteiger partial charge >= 0.3 is 0 Å². The maximum absolute atomic E-state index is 13.1. The van der Waals surface area contributed by atoms with Crippen molar-refractivity contribution in [2.45, 2.75) is 26.3 Å². The Balaban J connectivity index is 1.87. The third-order valence-corrected chi connectivity index (χ3v) is 3.89. The van der Waals surface area contributed by atoms with Gasteiger partial charge in [0.1, 0.15) is 5.82 Å². The third kappa shape index (κ3) is 2.99. The van der Waals surface area contributed by atoms with Crippen molar-refractivity contribution < 1.29 is 9.18 Å². The molecule has 1 aliphatic heterocycles. The van der Waals surface area contributed by atoms with Gasteiger partial charge < -0.3 is 10.2 Å². The summed E-state index contributed by atoms with van der Waals surface area (Å²) in [6.45, 7) is 3.42. The second-order valence-electron chi connectivity index (χ2n) is 5.54. The Morgan fingerprint density at radius 3 is 2.71 bits per heavy atom. The molecule has 0 unspecified atom stereocenters. The van der Waals surface area contributed by atoms with Gasteiger partial charge in [-0.05, 0) is 30.7 Å². The molecule has 1 aromatic heterocycles. The number of nitrogens with one attached hydrogen (secondary N) is 1. The minimum atomic E-state index is -0.503. The van der Waals surface area contributed by atoms with Gasteiger partial charge in [0.05, 0.1) is 0 Å². The number of hydrogen-bond donors (Lipinski definition) is 1. The van der Waals surface area contributed by atoms with Crippen LogP contribution in [0.1, 0.15) is 30.3 Å². The predicted molar refractivity (Wildman–Crippen MR) is 86.9 cm³/mol. The molecule has 126 valence electrons. The van der Waals surface area contributed by atoms with E-state index >= 15 is 0 Å². The van der Waals surface area contributed by atoms with E-state index in [1.807, 2.05) is 6.92 Å². The molecule has 2 heterocycles. The van der Waals surface area contributed by atoms with Crippen LogP contribution in [0.3, 0.4) is 0 Å². The van der Waals surface area contributed by atoms with E-state index in [0.717, 1.165) is 18.5 Å². The second kappa shape index (κ2) is 6.77. The van der Waals surface area contributed by atoms with Gasteiger partial charge in [-0.1, -0.05) is 13.3 Å². The van der Waals surface area contributed by atoms with Crippen LogP contribution in [0.25, 0.3) is 0 Å². The van der Waals surface area contributed by atoms with E-state index in [1.165, 1.54) is 16.7 Å². The van der Waals surface area contributed by atoms with Crippen molar-refractivity contribution in [3.05, 3.63) is 46.1 Å². The van der Waals surface area contributed by atoms with Crippen LogP contribution in [-0.2, 0) is 6.54 Å². The van der Waals surface area contributed by atoms with Crippen LogP contribution in [0.5, 0.6) is 0 Å². The monoisotopic (exact) mass is 331 g/mol. The van der Waals surface area contributed by atoms with E-state index < -0.39 is 11.5 Å². The number of anilines is 2. The molecule has 0 spiro atoms. The zero-order valence-electron chi connectivity index (χ0n) is 13.3. The number of hydrogen-bond acceptors (Lipinski definition) is 5. The fraction of sp³-hybridized carbons (Fsp3) is 0.375. The van der Waals surface area contributed by atoms with Crippen molar-refractivity contribution in [3.8, 4) is 0 Å². The van der Waals surface area contributed by atoms with Gasteiger partial charge in [-0.2, -0.15) is 0 Å². The van der Waals surface area contributed by atoms with Gasteiger partial charge in [0.15, 0.2) is 0 Å². The molecule has 2 aromatic rings.